The Kier molecular flexibility index (Phi) is 3.33. The molecule has 1 aromatic carbocycles. The van der Waals surface area contributed by atoms with E-state index in [1.54, 1.807) is 6.07 Å². The highest BCUT2D eigenvalue weighted by Gasteiger charge is 2.30. The predicted molar refractivity (Wildman–Crippen MR) is 86.3 cm³/mol. The van der Waals surface area contributed by atoms with E-state index in [2.05, 4.69) is 10.3 Å². The molecule has 5 heteroatoms. The molecule has 4 rings (SSSR count). The smallest absolute Gasteiger partial charge is 0.267 e. The van der Waals surface area contributed by atoms with E-state index in [9.17, 15) is 4.79 Å². The van der Waals surface area contributed by atoms with E-state index < -0.39 is 0 Å². The molecule has 116 valence electrons. The number of benzene rings is 1. The Morgan fingerprint density at radius 1 is 1.22 bits per heavy atom. The number of nitrogens with zero attached hydrogens (tertiary/aromatic N) is 3. The number of aromatic nitrogens is 3. The monoisotopic (exact) mass is 307 g/mol. The number of rotatable bonds is 4. The Balaban J connectivity index is 1.78. The summed E-state index contributed by atoms with van der Waals surface area (Å²) in [5.41, 5.74) is 3.46. The lowest BCUT2D eigenvalue weighted by molar-refractivity contribution is 0.426. The molecule has 5 nitrogen and oxygen atoms in total. The van der Waals surface area contributed by atoms with Crippen molar-refractivity contribution in [2.75, 3.05) is 0 Å². The molecule has 0 aliphatic heterocycles. The third-order valence-electron chi connectivity index (χ3n) is 4.06. The summed E-state index contributed by atoms with van der Waals surface area (Å²) >= 11 is 0. The molecule has 0 bridgehead atoms. The van der Waals surface area contributed by atoms with Gasteiger partial charge in [0.25, 0.3) is 5.56 Å². The molecule has 3 aromatic rings. The summed E-state index contributed by atoms with van der Waals surface area (Å²) in [6.45, 7) is 2.35. The van der Waals surface area contributed by atoms with Crippen LogP contribution < -0.4 is 5.56 Å². The SMILES string of the molecule is Cc1cc(-c2cc(=O)n(Cc3ccccc3)nc2C2CC2)on1. The van der Waals surface area contributed by atoms with Gasteiger partial charge in [0.1, 0.15) is 0 Å². The van der Waals surface area contributed by atoms with Gasteiger partial charge in [0.15, 0.2) is 5.76 Å². The average Bonchev–Trinajstić information content (AvgIpc) is 3.31. The zero-order valence-electron chi connectivity index (χ0n) is 12.9. The summed E-state index contributed by atoms with van der Waals surface area (Å²) in [5.74, 6) is 1.04. The lowest BCUT2D eigenvalue weighted by Gasteiger charge is -2.10. The van der Waals surface area contributed by atoms with Crippen molar-refractivity contribution in [3.63, 3.8) is 0 Å². The average molecular weight is 307 g/mol. The summed E-state index contributed by atoms with van der Waals surface area (Å²) in [6, 6.07) is 13.4. The molecule has 1 aliphatic carbocycles. The highest BCUT2D eigenvalue weighted by atomic mass is 16.5. The van der Waals surface area contributed by atoms with Crippen molar-refractivity contribution >= 4 is 0 Å². The topological polar surface area (TPSA) is 60.9 Å². The lowest BCUT2D eigenvalue weighted by atomic mass is 10.1. The molecule has 23 heavy (non-hydrogen) atoms. The van der Waals surface area contributed by atoms with Gasteiger partial charge in [-0.2, -0.15) is 5.10 Å². The van der Waals surface area contributed by atoms with Crippen molar-refractivity contribution in [3.8, 4) is 11.3 Å². The van der Waals surface area contributed by atoms with Gasteiger partial charge < -0.3 is 4.52 Å². The highest BCUT2D eigenvalue weighted by molar-refractivity contribution is 5.61. The van der Waals surface area contributed by atoms with Crippen LogP contribution in [-0.2, 0) is 6.54 Å². The Labute approximate surface area is 133 Å². The van der Waals surface area contributed by atoms with Gasteiger partial charge >= 0.3 is 0 Å². The first-order chi connectivity index (χ1) is 11.2. The quantitative estimate of drug-likeness (QED) is 0.743. The van der Waals surface area contributed by atoms with Gasteiger partial charge in [-0.15, -0.1) is 0 Å². The van der Waals surface area contributed by atoms with Crippen LogP contribution in [-0.4, -0.2) is 14.9 Å². The third kappa shape index (κ3) is 2.82. The van der Waals surface area contributed by atoms with Crippen LogP contribution >= 0.6 is 0 Å². The fourth-order valence-corrected chi connectivity index (χ4v) is 2.72. The fraction of sp³-hybridized carbons (Fsp3) is 0.278. The molecule has 0 radical (unpaired) electrons. The van der Waals surface area contributed by atoms with Crippen LogP contribution in [0.3, 0.4) is 0 Å². The van der Waals surface area contributed by atoms with Gasteiger partial charge in [-0.05, 0) is 25.3 Å². The van der Waals surface area contributed by atoms with E-state index in [1.807, 2.05) is 43.3 Å². The molecule has 0 amide bonds. The van der Waals surface area contributed by atoms with Crippen molar-refractivity contribution in [1.82, 2.24) is 14.9 Å². The predicted octanol–water partition coefficient (Wildman–Crippen LogP) is 3.13. The molecule has 0 N–H and O–H groups in total. The largest absolute Gasteiger partial charge is 0.356 e. The van der Waals surface area contributed by atoms with Crippen molar-refractivity contribution < 1.29 is 4.52 Å². The number of aryl methyl sites for hydroxylation is 1. The fourth-order valence-electron chi connectivity index (χ4n) is 2.72. The summed E-state index contributed by atoms with van der Waals surface area (Å²) < 4.78 is 6.88. The van der Waals surface area contributed by atoms with Gasteiger partial charge in [0.2, 0.25) is 0 Å². The highest BCUT2D eigenvalue weighted by Crippen LogP contribution is 2.42. The molecule has 0 saturated heterocycles. The van der Waals surface area contributed by atoms with Crippen LogP contribution in [0.4, 0.5) is 0 Å². The van der Waals surface area contributed by atoms with Crippen LogP contribution in [0, 0.1) is 6.92 Å². The Morgan fingerprint density at radius 2 is 2.00 bits per heavy atom. The van der Waals surface area contributed by atoms with E-state index in [0.717, 1.165) is 35.4 Å². The third-order valence-corrected chi connectivity index (χ3v) is 4.06. The first-order valence-corrected chi connectivity index (χ1v) is 7.80. The molecule has 1 saturated carbocycles. The second-order valence-electron chi connectivity index (χ2n) is 6.03. The van der Waals surface area contributed by atoms with Crippen LogP contribution in [0.1, 0.15) is 35.7 Å². The standard InChI is InChI=1S/C18H17N3O2/c1-12-9-16(23-20-12)15-10-17(22)21(19-18(15)14-7-8-14)11-13-5-3-2-4-6-13/h2-6,9-10,14H,7-8,11H2,1H3. The first-order valence-electron chi connectivity index (χ1n) is 7.80. The van der Waals surface area contributed by atoms with Crippen LogP contribution in [0.25, 0.3) is 11.3 Å². The molecule has 1 aliphatic rings. The van der Waals surface area contributed by atoms with Crippen LogP contribution in [0.2, 0.25) is 0 Å². The Bertz CT molecular complexity index is 892. The van der Waals surface area contributed by atoms with Crippen LogP contribution in [0.15, 0.2) is 51.8 Å². The van der Waals surface area contributed by atoms with Crippen LogP contribution in [0.5, 0.6) is 0 Å². The maximum Gasteiger partial charge on any atom is 0.267 e. The molecular formula is C18H17N3O2. The minimum atomic E-state index is -0.123. The maximum absolute atomic E-state index is 12.5. The van der Waals surface area contributed by atoms with Crippen molar-refractivity contribution in [1.29, 1.82) is 0 Å². The summed E-state index contributed by atoms with van der Waals surface area (Å²) in [4.78, 5) is 12.5. The maximum atomic E-state index is 12.5. The van der Waals surface area contributed by atoms with Gasteiger partial charge in [-0.25, -0.2) is 4.68 Å². The zero-order valence-corrected chi connectivity index (χ0v) is 12.9. The van der Waals surface area contributed by atoms with E-state index in [-0.39, 0.29) is 5.56 Å². The van der Waals surface area contributed by atoms with E-state index in [0.29, 0.717) is 18.2 Å². The summed E-state index contributed by atoms with van der Waals surface area (Å²) in [7, 11) is 0. The van der Waals surface area contributed by atoms with Crippen molar-refractivity contribution in [2.45, 2.75) is 32.2 Å². The molecule has 0 atom stereocenters. The molecule has 0 spiro atoms. The molecular weight excluding hydrogens is 290 g/mol. The minimum Gasteiger partial charge on any atom is -0.356 e. The number of hydrogen-bond acceptors (Lipinski definition) is 4. The lowest BCUT2D eigenvalue weighted by Crippen LogP contribution is -2.24. The zero-order chi connectivity index (χ0) is 15.8. The Hall–Kier alpha value is -2.69. The van der Waals surface area contributed by atoms with Crippen molar-refractivity contribution in [3.05, 3.63) is 69.8 Å². The van der Waals surface area contributed by atoms with E-state index in [4.69, 9.17) is 4.52 Å². The van der Waals surface area contributed by atoms with Crippen molar-refractivity contribution in [2.24, 2.45) is 0 Å². The van der Waals surface area contributed by atoms with Gasteiger partial charge in [0, 0.05) is 23.6 Å². The summed E-state index contributed by atoms with van der Waals surface area (Å²) in [6.07, 6.45) is 2.22. The minimum absolute atomic E-state index is 0.123. The normalized spacial score (nSPS) is 14.1. The molecule has 2 heterocycles. The first kappa shape index (κ1) is 13.9. The second kappa shape index (κ2) is 5.50. The molecule has 2 aromatic heterocycles. The molecule has 1 fully saturated rings. The van der Waals surface area contributed by atoms with Gasteiger partial charge in [-0.1, -0.05) is 35.5 Å². The van der Waals surface area contributed by atoms with Gasteiger partial charge in [-0.3, -0.25) is 4.79 Å². The summed E-state index contributed by atoms with van der Waals surface area (Å²) in [5, 5.41) is 8.55. The number of hydrogen-bond donors (Lipinski definition) is 0. The van der Waals surface area contributed by atoms with Gasteiger partial charge in [0.05, 0.1) is 17.9 Å². The van der Waals surface area contributed by atoms with E-state index in [1.165, 1.54) is 4.68 Å². The molecule has 0 unspecified atom stereocenters. The second-order valence-corrected chi connectivity index (χ2v) is 6.03. The Morgan fingerprint density at radius 3 is 2.65 bits per heavy atom. The van der Waals surface area contributed by atoms with E-state index >= 15 is 0 Å².